The Hall–Kier alpha value is -1.07. The van der Waals surface area contributed by atoms with Crippen LogP contribution in [0.1, 0.15) is 11.4 Å². The van der Waals surface area contributed by atoms with Gasteiger partial charge in [-0.3, -0.25) is 0 Å². The fourth-order valence-electron chi connectivity index (χ4n) is 1.20. The summed E-state index contributed by atoms with van der Waals surface area (Å²) in [6.07, 6.45) is 0.276. The molecule has 0 aliphatic carbocycles. The molecule has 0 spiro atoms. The Kier molecular flexibility index (Phi) is 2.93. The van der Waals surface area contributed by atoms with Gasteiger partial charge in [-0.2, -0.15) is 4.37 Å². The van der Waals surface area contributed by atoms with Crippen molar-refractivity contribution in [1.82, 2.24) is 9.36 Å². The molecule has 1 heterocycles. The average molecular weight is 247 g/mol. The maximum absolute atomic E-state index is 12.8. The normalized spacial score (nSPS) is 10.6. The van der Waals surface area contributed by atoms with E-state index in [0.29, 0.717) is 15.9 Å². The molecule has 0 amide bonds. The molecule has 0 saturated heterocycles. The highest BCUT2D eigenvalue weighted by Crippen LogP contribution is 2.15. The number of hydrogen-bond acceptors (Lipinski definition) is 3. The molecule has 1 aromatic heterocycles. The fraction of sp³-hybridized carbons (Fsp3) is 0.111. The van der Waals surface area contributed by atoms with Gasteiger partial charge < -0.3 is 0 Å². The molecule has 15 heavy (non-hydrogen) atoms. The molecule has 0 saturated carbocycles. The minimum Gasteiger partial charge on any atom is -0.208 e. The lowest BCUT2D eigenvalue weighted by molar-refractivity contribution is 0.580. The van der Waals surface area contributed by atoms with Crippen molar-refractivity contribution in [1.29, 1.82) is 0 Å². The fourth-order valence-corrected chi connectivity index (χ4v) is 1.83. The van der Waals surface area contributed by atoms with Crippen LogP contribution in [0, 0.1) is 11.6 Å². The predicted molar refractivity (Wildman–Crippen MR) is 54.1 cm³/mol. The minimum absolute atomic E-state index is 0.276. The van der Waals surface area contributed by atoms with Crippen LogP contribution in [0.5, 0.6) is 0 Å². The number of aromatic nitrogens is 2. The highest BCUT2D eigenvalue weighted by molar-refractivity contribution is 7.10. The van der Waals surface area contributed by atoms with E-state index in [-0.39, 0.29) is 6.42 Å². The largest absolute Gasteiger partial charge is 0.208 e. The van der Waals surface area contributed by atoms with Crippen molar-refractivity contribution >= 4 is 23.1 Å². The van der Waals surface area contributed by atoms with Gasteiger partial charge in [0.05, 0.1) is 0 Å². The maximum atomic E-state index is 12.8. The van der Waals surface area contributed by atoms with Crippen LogP contribution in [-0.4, -0.2) is 9.36 Å². The first-order valence-corrected chi connectivity index (χ1v) is 5.21. The van der Waals surface area contributed by atoms with E-state index in [1.807, 2.05) is 0 Å². The summed E-state index contributed by atoms with van der Waals surface area (Å²) >= 11 is 6.63. The van der Waals surface area contributed by atoms with E-state index in [1.165, 1.54) is 12.1 Å². The molecule has 2 rings (SSSR count). The Morgan fingerprint density at radius 2 is 1.87 bits per heavy atom. The van der Waals surface area contributed by atoms with Gasteiger partial charge in [0.15, 0.2) is 0 Å². The zero-order chi connectivity index (χ0) is 10.8. The van der Waals surface area contributed by atoms with Crippen molar-refractivity contribution in [3.05, 3.63) is 45.7 Å². The van der Waals surface area contributed by atoms with E-state index in [1.54, 1.807) is 0 Å². The molecular formula is C9H5ClF2N2S. The topological polar surface area (TPSA) is 25.8 Å². The Bertz CT molecular complexity index is 466. The molecule has 0 unspecified atom stereocenters. The highest BCUT2D eigenvalue weighted by Gasteiger charge is 2.06. The molecule has 78 valence electrons. The zero-order valence-corrected chi connectivity index (χ0v) is 8.95. The zero-order valence-electron chi connectivity index (χ0n) is 7.38. The smallest absolute Gasteiger partial charge is 0.203 e. The summed E-state index contributed by atoms with van der Waals surface area (Å²) in [5.74, 6) is -0.743. The summed E-state index contributed by atoms with van der Waals surface area (Å²) in [7, 11) is 0. The van der Waals surface area contributed by atoms with Crippen LogP contribution in [0.3, 0.4) is 0 Å². The van der Waals surface area contributed by atoms with Crippen molar-refractivity contribution in [2.45, 2.75) is 6.42 Å². The van der Waals surface area contributed by atoms with Crippen LogP contribution >= 0.6 is 23.1 Å². The molecule has 0 aliphatic heterocycles. The van der Waals surface area contributed by atoms with Gasteiger partial charge >= 0.3 is 0 Å². The number of benzene rings is 1. The highest BCUT2D eigenvalue weighted by atomic mass is 35.5. The lowest BCUT2D eigenvalue weighted by Crippen LogP contribution is -1.93. The minimum atomic E-state index is -0.605. The lowest BCUT2D eigenvalue weighted by atomic mass is 10.1. The van der Waals surface area contributed by atoms with Crippen molar-refractivity contribution in [3.8, 4) is 0 Å². The summed E-state index contributed by atoms with van der Waals surface area (Å²) in [6, 6.07) is 3.32. The number of halogens is 3. The SMILES string of the molecule is Fc1cc(F)cc(Cc2nsc(Cl)n2)c1. The first kappa shape index (κ1) is 10.4. The summed E-state index contributed by atoms with van der Waals surface area (Å²) < 4.78 is 29.9. The lowest BCUT2D eigenvalue weighted by Gasteiger charge is -1.98. The molecule has 0 atom stereocenters. The molecule has 2 nitrogen and oxygen atoms in total. The third-order valence-corrected chi connectivity index (χ3v) is 2.56. The molecular weight excluding hydrogens is 242 g/mol. The van der Waals surface area contributed by atoms with Crippen molar-refractivity contribution < 1.29 is 8.78 Å². The Morgan fingerprint density at radius 1 is 1.20 bits per heavy atom. The van der Waals surface area contributed by atoms with E-state index in [0.717, 1.165) is 17.6 Å². The summed E-state index contributed by atoms with van der Waals surface area (Å²) in [6.45, 7) is 0. The number of rotatable bonds is 2. The monoisotopic (exact) mass is 246 g/mol. The van der Waals surface area contributed by atoms with Crippen LogP contribution in [-0.2, 0) is 6.42 Å². The summed E-state index contributed by atoms with van der Waals surface area (Å²) in [4.78, 5) is 3.89. The van der Waals surface area contributed by atoms with E-state index in [4.69, 9.17) is 11.6 Å². The van der Waals surface area contributed by atoms with Crippen LogP contribution in [0.2, 0.25) is 4.47 Å². The van der Waals surface area contributed by atoms with Gasteiger partial charge in [0.1, 0.15) is 17.5 Å². The maximum Gasteiger partial charge on any atom is 0.203 e. The Labute approximate surface area is 93.7 Å². The van der Waals surface area contributed by atoms with Crippen LogP contribution in [0.4, 0.5) is 8.78 Å². The van der Waals surface area contributed by atoms with Crippen LogP contribution in [0.25, 0.3) is 0 Å². The van der Waals surface area contributed by atoms with E-state index < -0.39 is 11.6 Å². The van der Waals surface area contributed by atoms with Gasteiger partial charge in [0.2, 0.25) is 4.47 Å². The molecule has 6 heteroatoms. The molecule has 0 fully saturated rings. The number of hydrogen-bond donors (Lipinski definition) is 0. The van der Waals surface area contributed by atoms with Crippen LogP contribution in [0.15, 0.2) is 18.2 Å². The Balaban J connectivity index is 2.24. The van der Waals surface area contributed by atoms with Gasteiger partial charge in [-0.1, -0.05) is 0 Å². The Morgan fingerprint density at radius 3 is 2.40 bits per heavy atom. The first-order chi connectivity index (χ1) is 7.13. The van der Waals surface area contributed by atoms with E-state index >= 15 is 0 Å². The third-order valence-electron chi connectivity index (χ3n) is 1.73. The van der Waals surface area contributed by atoms with E-state index in [9.17, 15) is 8.78 Å². The van der Waals surface area contributed by atoms with Gasteiger partial charge in [-0.05, 0) is 40.8 Å². The van der Waals surface area contributed by atoms with Crippen molar-refractivity contribution in [3.63, 3.8) is 0 Å². The summed E-state index contributed by atoms with van der Waals surface area (Å²) in [5, 5.41) is 0. The average Bonchev–Trinajstić information content (AvgIpc) is 2.49. The molecule has 0 N–H and O–H groups in total. The number of nitrogens with zero attached hydrogens (tertiary/aromatic N) is 2. The standard InChI is InChI=1S/C9H5ClF2N2S/c10-9-13-8(14-15-9)3-5-1-6(11)4-7(12)2-5/h1-2,4H,3H2. The van der Waals surface area contributed by atoms with Gasteiger partial charge in [-0.15, -0.1) is 0 Å². The predicted octanol–water partition coefficient (Wildman–Crippen LogP) is 3.06. The third kappa shape index (κ3) is 2.70. The van der Waals surface area contributed by atoms with Crippen LogP contribution < -0.4 is 0 Å². The molecule has 0 bridgehead atoms. The second-order valence-corrected chi connectivity index (χ2v) is 4.25. The van der Waals surface area contributed by atoms with Gasteiger partial charge in [0, 0.05) is 12.5 Å². The first-order valence-electron chi connectivity index (χ1n) is 4.06. The van der Waals surface area contributed by atoms with Crippen molar-refractivity contribution in [2.24, 2.45) is 0 Å². The van der Waals surface area contributed by atoms with E-state index in [2.05, 4.69) is 9.36 Å². The molecule has 2 aromatic rings. The second kappa shape index (κ2) is 4.20. The second-order valence-electron chi connectivity index (χ2n) is 2.92. The molecule has 0 radical (unpaired) electrons. The van der Waals surface area contributed by atoms with Crippen molar-refractivity contribution in [2.75, 3.05) is 0 Å². The summed E-state index contributed by atoms with van der Waals surface area (Å²) in [5.41, 5.74) is 0.488. The van der Waals surface area contributed by atoms with Gasteiger partial charge in [-0.25, -0.2) is 13.8 Å². The molecule has 1 aromatic carbocycles. The quantitative estimate of drug-likeness (QED) is 0.814. The molecule has 0 aliphatic rings. The van der Waals surface area contributed by atoms with Gasteiger partial charge in [0.25, 0.3) is 0 Å².